The molecule has 1 aliphatic rings. The van der Waals surface area contributed by atoms with Crippen LogP contribution in [0.25, 0.3) is 0 Å². The first-order chi connectivity index (χ1) is 9.38. The summed E-state index contributed by atoms with van der Waals surface area (Å²) in [7, 11) is 0. The zero-order valence-corrected chi connectivity index (χ0v) is 11.8. The fourth-order valence-corrected chi connectivity index (χ4v) is 2.72. The van der Waals surface area contributed by atoms with Crippen molar-refractivity contribution in [2.45, 2.75) is 19.4 Å². The molecule has 0 saturated carbocycles. The number of piperidine rings is 1. The third-order valence-electron chi connectivity index (χ3n) is 3.37. The number of nitro groups is 1. The van der Waals surface area contributed by atoms with Gasteiger partial charge < -0.3 is 10.6 Å². The van der Waals surface area contributed by atoms with Gasteiger partial charge in [-0.1, -0.05) is 18.5 Å². The monoisotopic (exact) mass is 297 g/mol. The lowest BCUT2D eigenvalue weighted by Crippen LogP contribution is -2.48. The molecule has 1 aromatic carbocycles. The molecule has 1 heterocycles. The van der Waals surface area contributed by atoms with Gasteiger partial charge in [0.05, 0.1) is 15.5 Å². The average molecular weight is 298 g/mol. The Bertz CT molecular complexity index is 540. The van der Waals surface area contributed by atoms with Crippen LogP contribution in [0.4, 0.5) is 5.69 Å². The first-order valence-electron chi connectivity index (χ1n) is 6.37. The third-order valence-corrected chi connectivity index (χ3v) is 3.70. The highest BCUT2D eigenvalue weighted by atomic mass is 35.5. The number of carbonyl (C=O) groups excluding carboxylic acids is 1. The molecule has 108 valence electrons. The Morgan fingerprint density at radius 2 is 2.20 bits per heavy atom. The number of nitro benzene ring substituents is 1. The van der Waals surface area contributed by atoms with E-state index in [0.717, 1.165) is 6.42 Å². The Hall–Kier alpha value is -1.66. The Morgan fingerprint density at radius 1 is 1.50 bits per heavy atom. The van der Waals surface area contributed by atoms with Gasteiger partial charge in [-0.15, -0.1) is 0 Å². The molecule has 0 spiro atoms. The second-order valence-corrected chi connectivity index (χ2v) is 5.64. The Balaban J connectivity index is 2.28. The van der Waals surface area contributed by atoms with Crippen molar-refractivity contribution in [3.63, 3.8) is 0 Å². The Kier molecular flexibility index (Phi) is 4.25. The van der Waals surface area contributed by atoms with E-state index in [1.54, 1.807) is 4.90 Å². The van der Waals surface area contributed by atoms with Crippen molar-refractivity contribution in [2.75, 3.05) is 13.1 Å². The van der Waals surface area contributed by atoms with Crippen molar-refractivity contribution in [3.05, 3.63) is 38.9 Å². The van der Waals surface area contributed by atoms with E-state index in [4.69, 9.17) is 17.3 Å². The van der Waals surface area contributed by atoms with Gasteiger partial charge in [0.2, 0.25) is 0 Å². The van der Waals surface area contributed by atoms with Gasteiger partial charge in [0.15, 0.2) is 0 Å². The molecule has 0 aliphatic carbocycles. The van der Waals surface area contributed by atoms with Crippen molar-refractivity contribution < 1.29 is 9.72 Å². The molecule has 1 fully saturated rings. The van der Waals surface area contributed by atoms with Crippen molar-refractivity contribution >= 4 is 23.2 Å². The van der Waals surface area contributed by atoms with Crippen LogP contribution in [0.5, 0.6) is 0 Å². The standard InChI is InChI=1S/C13H16ClN3O3/c1-8-4-9(15)7-16(6-8)13(18)11-5-10(17(19)20)2-3-12(11)14/h2-3,5,8-9H,4,6-7,15H2,1H3. The first kappa shape index (κ1) is 14.7. The number of nitrogens with zero attached hydrogens (tertiary/aromatic N) is 2. The van der Waals surface area contributed by atoms with Gasteiger partial charge in [-0.25, -0.2) is 0 Å². The molecule has 2 N–H and O–H groups in total. The number of halogens is 1. The Labute approximate surface area is 121 Å². The number of rotatable bonds is 2. The van der Waals surface area contributed by atoms with Gasteiger partial charge in [0.1, 0.15) is 0 Å². The molecular formula is C13H16ClN3O3. The maximum atomic E-state index is 12.4. The van der Waals surface area contributed by atoms with Crippen LogP contribution in [0.1, 0.15) is 23.7 Å². The lowest BCUT2D eigenvalue weighted by atomic mass is 9.96. The van der Waals surface area contributed by atoms with Gasteiger partial charge in [-0.3, -0.25) is 14.9 Å². The third kappa shape index (κ3) is 3.08. The van der Waals surface area contributed by atoms with E-state index in [-0.39, 0.29) is 28.2 Å². The van der Waals surface area contributed by atoms with E-state index in [1.807, 2.05) is 6.92 Å². The summed E-state index contributed by atoms with van der Waals surface area (Å²) < 4.78 is 0. The summed E-state index contributed by atoms with van der Waals surface area (Å²) in [6, 6.07) is 3.81. The zero-order chi connectivity index (χ0) is 14.9. The fourth-order valence-electron chi connectivity index (χ4n) is 2.53. The molecule has 2 atom stereocenters. The normalized spacial score (nSPS) is 22.6. The highest BCUT2D eigenvalue weighted by Gasteiger charge is 2.28. The Morgan fingerprint density at radius 3 is 2.80 bits per heavy atom. The molecule has 0 aromatic heterocycles. The molecule has 0 radical (unpaired) electrons. The van der Waals surface area contributed by atoms with Crippen molar-refractivity contribution in [1.29, 1.82) is 0 Å². The lowest BCUT2D eigenvalue weighted by Gasteiger charge is -2.34. The first-order valence-corrected chi connectivity index (χ1v) is 6.75. The largest absolute Gasteiger partial charge is 0.337 e. The van der Waals surface area contributed by atoms with E-state index < -0.39 is 4.92 Å². The van der Waals surface area contributed by atoms with E-state index in [9.17, 15) is 14.9 Å². The van der Waals surface area contributed by atoms with Gasteiger partial charge in [0, 0.05) is 31.3 Å². The molecular weight excluding hydrogens is 282 g/mol. The van der Waals surface area contributed by atoms with E-state index in [1.165, 1.54) is 18.2 Å². The summed E-state index contributed by atoms with van der Waals surface area (Å²) >= 11 is 5.99. The maximum Gasteiger partial charge on any atom is 0.270 e. The summed E-state index contributed by atoms with van der Waals surface area (Å²) in [6.45, 7) is 3.06. The van der Waals surface area contributed by atoms with E-state index in [2.05, 4.69) is 0 Å². The average Bonchev–Trinajstić information content (AvgIpc) is 2.37. The maximum absolute atomic E-state index is 12.4. The van der Waals surface area contributed by atoms with Gasteiger partial charge in [-0.05, 0) is 18.4 Å². The molecule has 1 aliphatic heterocycles. The number of likely N-dealkylation sites (tertiary alicyclic amines) is 1. The highest BCUT2D eigenvalue weighted by molar-refractivity contribution is 6.33. The number of nitrogens with two attached hydrogens (primary N) is 1. The molecule has 1 aromatic rings. The molecule has 1 amide bonds. The number of hydrogen-bond acceptors (Lipinski definition) is 4. The van der Waals surface area contributed by atoms with E-state index in [0.29, 0.717) is 19.0 Å². The summed E-state index contributed by atoms with van der Waals surface area (Å²) in [5.41, 5.74) is 5.92. The van der Waals surface area contributed by atoms with Gasteiger partial charge in [0.25, 0.3) is 11.6 Å². The summed E-state index contributed by atoms with van der Waals surface area (Å²) in [4.78, 5) is 24.3. The molecule has 7 heteroatoms. The smallest absolute Gasteiger partial charge is 0.270 e. The summed E-state index contributed by atoms with van der Waals surface area (Å²) in [5.74, 6) is 0.000809. The molecule has 2 rings (SSSR count). The number of non-ortho nitro benzene ring substituents is 1. The van der Waals surface area contributed by atoms with Crippen LogP contribution in [0.2, 0.25) is 5.02 Å². The fraction of sp³-hybridized carbons (Fsp3) is 0.462. The summed E-state index contributed by atoms with van der Waals surface area (Å²) in [5, 5.41) is 11.0. The SMILES string of the molecule is CC1CC(N)CN(C(=O)c2cc([N+](=O)[O-])ccc2Cl)C1. The quantitative estimate of drug-likeness (QED) is 0.668. The topological polar surface area (TPSA) is 89.5 Å². The van der Waals surface area contributed by atoms with E-state index >= 15 is 0 Å². The minimum absolute atomic E-state index is 0.0693. The minimum atomic E-state index is -0.544. The number of amides is 1. The van der Waals surface area contributed by atoms with Crippen molar-refractivity contribution in [3.8, 4) is 0 Å². The van der Waals surface area contributed by atoms with Crippen LogP contribution in [0.3, 0.4) is 0 Å². The number of carbonyl (C=O) groups is 1. The van der Waals surface area contributed by atoms with Crippen LogP contribution in [0.15, 0.2) is 18.2 Å². The van der Waals surface area contributed by atoms with Crippen LogP contribution in [-0.2, 0) is 0 Å². The molecule has 20 heavy (non-hydrogen) atoms. The minimum Gasteiger partial charge on any atom is -0.337 e. The van der Waals surface area contributed by atoms with Gasteiger partial charge >= 0.3 is 0 Å². The van der Waals surface area contributed by atoms with Crippen LogP contribution < -0.4 is 5.73 Å². The molecule has 1 saturated heterocycles. The zero-order valence-electron chi connectivity index (χ0n) is 11.1. The van der Waals surface area contributed by atoms with Crippen LogP contribution in [-0.4, -0.2) is 34.9 Å². The molecule has 0 bridgehead atoms. The van der Waals surface area contributed by atoms with Crippen molar-refractivity contribution in [1.82, 2.24) is 4.90 Å². The predicted octanol–water partition coefficient (Wildman–Crippen LogP) is 2.06. The molecule has 6 nitrogen and oxygen atoms in total. The second-order valence-electron chi connectivity index (χ2n) is 5.23. The summed E-state index contributed by atoms with van der Waals surface area (Å²) in [6.07, 6.45) is 0.868. The number of benzene rings is 1. The number of hydrogen-bond donors (Lipinski definition) is 1. The van der Waals surface area contributed by atoms with Crippen molar-refractivity contribution in [2.24, 2.45) is 11.7 Å². The highest BCUT2D eigenvalue weighted by Crippen LogP contribution is 2.25. The molecule has 2 unspecified atom stereocenters. The second kappa shape index (κ2) is 5.76. The van der Waals surface area contributed by atoms with Gasteiger partial charge in [-0.2, -0.15) is 0 Å². The van der Waals surface area contributed by atoms with Crippen LogP contribution >= 0.6 is 11.6 Å². The lowest BCUT2D eigenvalue weighted by molar-refractivity contribution is -0.384. The predicted molar refractivity (Wildman–Crippen MR) is 75.8 cm³/mol. The van der Waals surface area contributed by atoms with Crippen LogP contribution in [0, 0.1) is 16.0 Å².